The van der Waals surface area contributed by atoms with Gasteiger partial charge in [-0.25, -0.2) is 0 Å². The molecule has 1 atom stereocenters. The zero-order valence-electron chi connectivity index (χ0n) is 14.5. The van der Waals surface area contributed by atoms with Crippen LogP contribution in [0.3, 0.4) is 0 Å². The first-order chi connectivity index (χ1) is 11.5. The largest absolute Gasteiger partial charge is 0.481 e. The molecule has 0 aromatic heterocycles. The number of carbonyl (C=O) groups excluding carboxylic acids is 1. The molecule has 5 heteroatoms. The Balaban J connectivity index is 1.57. The standard InChI is InChI=1S/C19H26N2O3/c1-13-11-17-12-15(3-4-18(17)21(13)14(2)22)5-8-20-9-6-16(7-10-20)19(23)24/h3-4,12-13,16H,5-11H2,1-2H3,(H,23,24). The number of likely N-dealkylation sites (tertiary alicyclic amines) is 1. The average Bonchev–Trinajstić information content (AvgIpc) is 2.88. The van der Waals surface area contributed by atoms with E-state index in [4.69, 9.17) is 5.11 Å². The van der Waals surface area contributed by atoms with Crippen molar-refractivity contribution in [3.63, 3.8) is 0 Å². The minimum absolute atomic E-state index is 0.107. The topological polar surface area (TPSA) is 60.9 Å². The molecule has 5 nitrogen and oxygen atoms in total. The minimum atomic E-state index is -0.655. The summed E-state index contributed by atoms with van der Waals surface area (Å²) in [5.74, 6) is -0.715. The molecular formula is C19H26N2O3. The van der Waals surface area contributed by atoms with Crippen LogP contribution in [0.4, 0.5) is 5.69 Å². The van der Waals surface area contributed by atoms with E-state index in [2.05, 4.69) is 30.0 Å². The van der Waals surface area contributed by atoms with Crippen molar-refractivity contribution in [1.29, 1.82) is 0 Å². The molecule has 0 saturated carbocycles. The first-order valence-corrected chi connectivity index (χ1v) is 8.82. The number of amides is 1. The molecule has 24 heavy (non-hydrogen) atoms. The molecule has 1 unspecified atom stereocenters. The number of benzene rings is 1. The molecule has 1 saturated heterocycles. The number of carboxylic acids is 1. The molecule has 1 aromatic rings. The summed E-state index contributed by atoms with van der Waals surface area (Å²) in [4.78, 5) is 27.0. The number of carbonyl (C=O) groups is 2. The predicted octanol–water partition coefficient (Wildman–Crippen LogP) is 2.32. The molecule has 0 aliphatic carbocycles. The van der Waals surface area contributed by atoms with Crippen LogP contribution < -0.4 is 4.90 Å². The molecule has 0 radical (unpaired) electrons. The highest BCUT2D eigenvalue weighted by molar-refractivity contribution is 5.94. The molecule has 0 bridgehead atoms. The molecule has 1 N–H and O–H groups in total. The highest BCUT2D eigenvalue weighted by Gasteiger charge is 2.29. The third-order valence-electron chi connectivity index (χ3n) is 5.35. The van der Waals surface area contributed by atoms with Crippen molar-refractivity contribution in [2.24, 2.45) is 5.92 Å². The van der Waals surface area contributed by atoms with Gasteiger partial charge in [-0.1, -0.05) is 12.1 Å². The second-order valence-electron chi connectivity index (χ2n) is 7.11. The van der Waals surface area contributed by atoms with Crippen LogP contribution in [0.1, 0.15) is 37.8 Å². The first kappa shape index (κ1) is 17.0. The normalized spacial score (nSPS) is 21.8. The van der Waals surface area contributed by atoms with Crippen LogP contribution in [0.2, 0.25) is 0 Å². The van der Waals surface area contributed by atoms with Gasteiger partial charge in [0.1, 0.15) is 0 Å². The number of aliphatic carboxylic acids is 1. The van der Waals surface area contributed by atoms with Crippen molar-refractivity contribution in [1.82, 2.24) is 4.90 Å². The zero-order chi connectivity index (χ0) is 17.3. The second kappa shape index (κ2) is 6.93. The van der Waals surface area contributed by atoms with E-state index in [1.165, 1.54) is 11.1 Å². The fourth-order valence-corrected chi connectivity index (χ4v) is 4.01. The number of hydrogen-bond acceptors (Lipinski definition) is 3. The van der Waals surface area contributed by atoms with Crippen molar-refractivity contribution in [3.8, 4) is 0 Å². The minimum Gasteiger partial charge on any atom is -0.481 e. The van der Waals surface area contributed by atoms with Crippen molar-refractivity contribution in [2.45, 2.75) is 45.6 Å². The van der Waals surface area contributed by atoms with E-state index >= 15 is 0 Å². The summed E-state index contributed by atoms with van der Waals surface area (Å²) in [7, 11) is 0. The Kier molecular flexibility index (Phi) is 4.90. The molecule has 130 valence electrons. The monoisotopic (exact) mass is 330 g/mol. The Morgan fingerprint density at radius 3 is 2.58 bits per heavy atom. The van der Waals surface area contributed by atoms with Gasteiger partial charge in [0, 0.05) is 25.2 Å². The van der Waals surface area contributed by atoms with Crippen LogP contribution in [0.5, 0.6) is 0 Å². The van der Waals surface area contributed by atoms with E-state index in [1.807, 2.05) is 4.90 Å². The second-order valence-corrected chi connectivity index (χ2v) is 7.11. The average molecular weight is 330 g/mol. The Labute approximate surface area is 143 Å². The van der Waals surface area contributed by atoms with Gasteiger partial charge >= 0.3 is 5.97 Å². The summed E-state index contributed by atoms with van der Waals surface area (Å²) in [6.07, 6.45) is 3.40. The first-order valence-electron chi connectivity index (χ1n) is 8.82. The van der Waals surface area contributed by atoms with Gasteiger partial charge in [-0.2, -0.15) is 0 Å². The number of fused-ring (bicyclic) bond motifs is 1. The van der Waals surface area contributed by atoms with Gasteiger partial charge in [0.05, 0.1) is 5.92 Å². The van der Waals surface area contributed by atoms with E-state index in [1.54, 1.807) is 6.92 Å². The van der Waals surface area contributed by atoms with Crippen LogP contribution in [-0.4, -0.2) is 47.6 Å². The predicted molar refractivity (Wildman–Crippen MR) is 93.3 cm³/mol. The Morgan fingerprint density at radius 1 is 1.25 bits per heavy atom. The van der Waals surface area contributed by atoms with Gasteiger partial charge in [-0.3, -0.25) is 9.59 Å². The number of rotatable bonds is 4. The molecule has 3 rings (SSSR count). The third kappa shape index (κ3) is 3.46. The van der Waals surface area contributed by atoms with Crippen LogP contribution in [0, 0.1) is 5.92 Å². The number of nitrogens with zero attached hydrogens (tertiary/aromatic N) is 2. The summed E-state index contributed by atoms with van der Waals surface area (Å²) in [5, 5.41) is 9.06. The summed E-state index contributed by atoms with van der Waals surface area (Å²) in [6.45, 7) is 6.43. The SMILES string of the molecule is CC(=O)N1c2ccc(CCN3CCC(C(=O)O)CC3)cc2CC1C. The summed E-state index contributed by atoms with van der Waals surface area (Å²) >= 11 is 0. The van der Waals surface area contributed by atoms with E-state index in [9.17, 15) is 9.59 Å². The zero-order valence-corrected chi connectivity index (χ0v) is 14.5. The van der Waals surface area contributed by atoms with Gasteiger partial charge in [-0.05, 0) is 62.9 Å². The number of hydrogen-bond donors (Lipinski definition) is 1. The van der Waals surface area contributed by atoms with Crippen LogP contribution in [0.25, 0.3) is 0 Å². The molecule has 2 aliphatic heterocycles. The number of anilines is 1. The smallest absolute Gasteiger partial charge is 0.306 e. The van der Waals surface area contributed by atoms with Crippen molar-refractivity contribution < 1.29 is 14.7 Å². The van der Waals surface area contributed by atoms with Crippen molar-refractivity contribution in [2.75, 3.05) is 24.5 Å². The van der Waals surface area contributed by atoms with Crippen molar-refractivity contribution in [3.05, 3.63) is 29.3 Å². The van der Waals surface area contributed by atoms with Crippen LogP contribution >= 0.6 is 0 Å². The molecule has 2 aliphatic rings. The van der Waals surface area contributed by atoms with E-state index in [0.29, 0.717) is 0 Å². The maximum absolute atomic E-state index is 11.8. The molecule has 2 heterocycles. The summed E-state index contributed by atoms with van der Waals surface area (Å²) in [6, 6.07) is 6.67. The van der Waals surface area contributed by atoms with Crippen molar-refractivity contribution >= 4 is 17.6 Å². The lowest BCUT2D eigenvalue weighted by Gasteiger charge is -2.30. The lowest BCUT2D eigenvalue weighted by molar-refractivity contribution is -0.143. The van der Waals surface area contributed by atoms with Crippen LogP contribution in [-0.2, 0) is 22.4 Å². The molecule has 0 spiro atoms. The highest BCUT2D eigenvalue weighted by Crippen LogP contribution is 2.33. The quantitative estimate of drug-likeness (QED) is 0.920. The van der Waals surface area contributed by atoms with Crippen LogP contribution in [0.15, 0.2) is 18.2 Å². The van der Waals surface area contributed by atoms with Gasteiger partial charge < -0.3 is 14.9 Å². The fraction of sp³-hybridized carbons (Fsp3) is 0.579. The van der Waals surface area contributed by atoms with E-state index in [-0.39, 0.29) is 17.9 Å². The molecule has 1 fully saturated rings. The Morgan fingerprint density at radius 2 is 1.96 bits per heavy atom. The lowest BCUT2D eigenvalue weighted by Crippen LogP contribution is -2.37. The Hall–Kier alpha value is -1.88. The Bertz CT molecular complexity index is 635. The number of carboxylic acid groups (broad SMARTS) is 1. The maximum atomic E-state index is 11.8. The summed E-state index contributed by atoms with van der Waals surface area (Å²) < 4.78 is 0. The molecule has 1 amide bonds. The number of piperidine rings is 1. The lowest BCUT2D eigenvalue weighted by atomic mass is 9.96. The molecule has 1 aromatic carbocycles. The van der Waals surface area contributed by atoms with E-state index < -0.39 is 5.97 Å². The highest BCUT2D eigenvalue weighted by atomic mass is 16.4. The fourth-order valence-electron chi connectivity index (χ4n) is 4.01. The van der Waals surface area contributed by atoms with Gasteiger partial charge in [0.2, 0.25) is 5.91 Å². The van der Waals surface area contributed by atoms with Gasteiger partial charge in [0.15, 0.2) is 0 Å². The maximum Gasteiger partial charge on any atom is 0.306 e. The summed E-state index contributed by atoms with van der Waals surface area (Å²) in [5.41, 5.74) is 3.62. The van der Waals surface area contributed by atoms with Gasteiger partial charge in [0.25, 0.3) is 0 Å². The van der Waals surface area contributed by atoms with E-state index in [0.717, 1.165) is 51.0 Å². The van der Waals surface area contributed by atoms with Gasteiger partial charge in [-0.15, -0.1) is 0 Å². The third-order valence-corrected chi connectivity index (χ3v) is 5.35. The molecular weight excluding hydrogens is 304 g/mol.